The fraction of sp³-hybridized carbons (Fsp3) is 0.625. The molecule has 1 aliphatic heterocycles. The Morgan fingerprint density at radius 2 is 1.64 bits per heavy atom. The van der Waals surface area contributed by atoms with E-state index in [1.807, 2.05) is 66.8 Å². The number of hydrogen-bond acceptors (Lipinski definition) is 6. The van der Waals surface area contributed by atoms with Gasteiger partial charge in [0.2, 0.25) is 0 Å². The monoisotopic (exact) mass is 459 g/mol. The molecule has 2 amide bonds. The number of anilines is 2. The van der Waals surface area contributed by atoms with Crippen LogP contribution in [0.15, 0.2) is 18.3 Å². The molecule has 0 spiro atoms. The van der Waals surface area contributed by atoms with Crippen molar-refractivity contribution in [2.75, 3.05) is 43.0 Å². The van der Waals surface area contributed by atoms with Crippen LogP contribution in [-0.2, 0) is 15.9 Å². The molecule has 0 aromatic carbocycles. The number of rotatable bonds is 3. The third-order valence-electron chi connectivity index (χ3n) is 5.30. The number of hydrogen-bond donors (Lipinski definition) is 0. The van der Waals surface area contributed by atoms with E-state index in [0.29, 0.717) is 32.6 Å². The molecule has 3 rings (SSSR count). The standard InChI is InChI=1S/C24H37N5O4/c1-9-18-20(26(8)21(30)32-23(2,3)4)19-16-17(10-11-29(19)25-18)27-12-14-28(15-13-27)22(31)33-24(5,6)7/h10-11,16H,9,12-15H2,1-8H3. The van der Waals surface area contributed by atoms with E-state index in [0.717, 1.165) is 22.6 Å². The first-order valence-corrected chi connectivity index (χ1v) is 11.5. The quantitative estimate of drug-likeness (QED) is 0.680. The minimum Gasteiger partial charge on any atom is -0.444 e. The molecular formula is C24H37N5O4. The average Bonchev–Trinajstić information content (AvgIpc) is 3.08. The minimum atomic E-state index is -0.584. The first-order valence-electron chi connectivity index (χ1n) is 11.5. The molecule has 0 unspecified atom stereocenters. The third kappa shape index (κ3) is 5.89. The van der Waals surface area contributed by atoms with Crippen molar-refractivity contribution in [3.63, 3.8) is 0 Å². The van der Waals surface area contributed by atoms with Crippen molar-refractivity contribution >= 4 is 29.1 Å². The Kier molecular flexibility index (Phi) is 6.81. The number of fused-ring (bicyclic) bond motifs is 1. The number of aryl methyl sites for hydroxylation is 1. The molecule has 1 saturated heterocycles. The van der Waals surface area contributed by atoms with Gasteiger partial charge in [0.15, 0.2) is 0 Å². The van der Waals surface area contributed by atoms with Gasteiger partial charge in [-0.3, -0.25) is 4.90 Å². The largest absolute Gasteiger partial charge is 0.444 e. The zero-order chi connectivity index (χ0) is 24.6. The summed E-state index contributed by atoms with van der Waals surface area (Å²) in [6.07, 6.45) is 1.91. The molecule has 0 radical (unpaired) electrons. The number of pyridine rings is 1. The van der Waals surface area contributed by atoms with Crippen LogP contribution in [0, 0.1) is 0 Å². The summed E-state index contributed by atoms with van der Waals surface area (Å²) in [7, 11) is 1.72. The van der Waals surface area contributed by atoms with E-state index in [4.69, 9.17) is 9.47 Å². The third-order valence-corrected chi connectivity index (χ3v) is 5.30. The van der Waals surface area contributed by atoms with Gasteiger partial charge in [-0.15, -0.1) is 0 Å². The zero-order valence-corrected chi connectivity index (χ0v) is 21.1. The second-order valence-corrected chi connectivity index (χ2v) is 10.4. The zero-order valence-electron chi connectivity index (χ0n) is 21.1. The van der Waals surface area contributed by atoms with E-state index in [1.165, 1.54) is 4.90 Å². The van der Waals surface area contributed by atoms with E-state index in [9.17, 15) is 9.59 Å². The maximum Gasteiger partial charge on any atom is 0.414 e. The average molecular weight is 460 g/mol. The molecule has 3 heterocycles. The van der Waals surface area contributed by atoms with Gasteiger partial charge in [0.05, 0.1) is 16.9 Å². The number of piperazine rings is 1. The molecule has 9 nitrogen and oxygen atoms in total. The summed E-state index contributed by atoms with van der Waals surface area (Å²) in [6.45, 7) is 15.8. The fourth-order valence-electron chi connectivity index (χ4n) is 3.77. The van der Waals surface area contributed by atoms with Crippen molar-refractivity contribution in [3.8, 4) is 0 Å². The molecule has 2 aromatic heterocycles. The molecular weight excluding hydrogens is 422 g/mol. The van der Waals surface area contributed by atoms with E-state index >= 15 is 0 Å². The number of nitrogens with zero attached hydrogens (tertiary/aromatic N) is 5. The molecule has 0 aliphatic carbocycles. The van der Waals surface area contributed by atoms with Gasteiger partial charge in [-0.1, -0.05) is 6.92 Å². The summed E-state index contributed by atoms with van der Waals surface area (Å²) in [5, 5.41) is 4.67. The highest BCUT2D eigenvalue weighted by Crippen LogP contribution is 2.30. The van der Waals surface area contributed by atoms with Crippen molar-refractivity contribution in [2.24, 2.45) is 0 Å². The highest BCUT2D eigenvalue weighted by molar-refractivity contribution is 5.94. The Bertz CT molecular complexity index is 1010. The number of carbonyl (C=O) groups is 2. The predicted molar refractivity (Wildman–Crippen MR) is 129 cm³/mol. The van der Waals surface area contributed by atoms with Crippen LogP contribution in [0.1, 0.15) is 54.2 Å². The van der Waals surface area contributed by atoms with Crippen LogP contribution >= 0.6 is 0 Å². The SMILES string of the molecule is CCc1nn2ccc(N3CCN(C(=O)OC(C)(C)C)CC3)cc2c1N(C)C(=O)OC(C)(C)C. The number of carbonyl (C=O) groups excluding carboxylic acids is 2. The molecule has 0 saturated carbocycles. The molecule has 1 aliphatic rings. The lowest BCUT2D eigenvalue weighted by Gasteiger charge is -2.36. The van der Waals surface area contributed by atoms with E-state index in [-0.39, 0.29) is 6.09 Å². The van der Waals surface area contributed by atoms with Crippen LogP contribution in [0.2, 0.25) is 0 Å². The molecule has 182 valence electrons. The maximum atomic E-state index is 12.8. The molecule has 0 bridgehead atoms. The van der Waals surface area contributed by atoms with Crippen LogP contribution in [0.3, 0.4) is 0 Å². The molecule has 0 atom stereocenters. The number of aromatic nitrogens is 2. The highest BCUT2D eigenvalue weighted by atomic mass is 16.6. The van der Waals surface area contributed by atoms with Gasteiger partial charge in [-0.25, -0.2) is 14.1 Å². The van der Waals surface area contributed by atoms with E-state index in [2.05, 4.69) is 10.00 Å². The lowest BCUT2D eigenvalue weighted by atomic mass is 10.2. The lowest BCUT2D eigenvalue weighted by Crippen LogP contribution is -2.50. The van der Waals surface area contributed by atoms with Crippen molar-refractivity contribution in [2.45, 2.75) is 66.1 Å². The summed E-state index contributed by atoms with van der Waals surface area (Å²) < 4.78 is 12.9. The topological polar surface area (TPSA) is 79.6 Å². The number of ether oxygens (including phenoxy) is 2. The maximum absolute atomic E-state index is 12.8. The van der Waals surface area contributed by atoms with Gasteiger partial charge in [0.1, 0.15) is 11.2 Å². The second kappa shape index (κ2) is 9.11. The normalized spacial score (nSPS) is 15.0. The molecule has 2 aromatic rings. The van der Waals surface area contributed by atoms with Crippen LogP contribution < -0.4 is 9.80 Å². The summed E-state index contributed by atoms with van der Waals surface area (Å²) >= 11 is 0. The summed E-state index contributed by atoms with van der Waals surface area (Å²) in [4.78, 5) is 30.7. The van der Waals surface area contributed by atoms with Crippen LogP contribution in [0.25, 0.3) is 5.52 Å². The van der Waals surface area contributed by atoms with Gasteiger partial charge in [0, 0.05) is 45.1 Å². The highest BCUT2D eigenvalue weighted by Gasteiger charge is 2.28. The lowest BCUT2D eigenvalue weighted by molar-refractivity contribution is 0.0240. The Hall–Kier alpha value is -2.97. The minimum absolute atomic E-state index is 0.276. The van der Waals surface area contributed by atoms with Crippen molar-refractivity contribution in [1.82, 2.24) is 14.5 Å². The summed E-state index contributed by atoms with van der Waals surface area (Å²) in [5.74, 6) is 0. The Morgan fingerprint density at radius 1 is 1.03 bits per heavy atom. The second-order valence-electron chi connectivity index (χ2n) is 10.4. The molecule has 9 heteroatoms. The van der Waals surface area contributed by atoms with E-state index in [1.54, 1.807) is 16.5 Å². The van der Waals surface area contributed by atoms with Crippen molar-refractivity contribution < 1.29 is 19.1 Å². The predicted octanol–water partition coefficient (Wildman–Crippen LogP) is 4.33. The van der Waals surface area contributed by atoms with E-state index < -0.39 is 17.3 Å². The Morgan fingerprint density at radius 3 is 2.18 bits per heavy atom. The summed E-state index contributed by atoms with van der Waals surface area (Å²) in [6, 6.07) is 4.06. The fourth-order valence-corrected chi connectivity index (χ4v) is 3.77. The first-order chi connectivity index (χ1) is 15.3. The smallest absolute Gasteiger partial charge is 0.414 e. The van der Waals surface area contributed by atoms with Gasteiger partial charge >= 0.3 is 12.2 Å². The van der Waals surface area contributed by atoms with Crippen molar-refractivity contribution in [1.29, 1.82) is 0 Å². The van der Waals surface area contributed by atoms with Crippen LogP contribution in [0.4, 0.5) is 21.0 Å². The summed E-state index contributed by atoms with van der Waals surface area (Å²) in [5.41, 5.74) is 2.35. The molecule has 0 N–H and O–H groups in total. The van der Waals surface area contributed by atoms with Crippen LogP contribution in [-0.4, -0.2) is 71.1 Å². The Balaban J connectivity index is 1.82. The van der Waals surface area contributed by atoms with Gasteiger partial charge in [-0.2, -0.15) is 5.10 Å². The number of amides is 2. The van der Waals surface area contributed by atoms with Gasteiger partial charge < -0.3 is 19.3 Å². The first kappa shape index (κ1) is 24.7. The van der Waals surface area contributed by atoms with Gasteiger partial charge in [-0.05, 0) is 60.1 Å². The van der Waals surface area contributed by atoms with Gasteiger partial charge in [0.25, 0.3) is 0 Å². The van der Waals surface area contributed by atoms with Crippen molar-refractivity contribution in [3.05, 3.63) is 24.0 Å². The molecule has 33 heavy (non-hydrogen) atoms. The Labute approximate surface area is 196 Å². The van der Waals surface area contributed by atoms with Crippen LogP contribution in [0.5, 0.6) is 0 Å². The molecule has 1 fully saturated rings.